The standard InChI is InChI=1S/C28H24FN3O2/c29-24-11-4-3-10-23(24)28(33)30-19-27-31-25-12-5-6-13-26(25)32(27)16-7-17-34-22-15-14-20-8-1-2-9-21(20)18-22/h1-6,8-15,18H,7,16-17,19H2,(H,30,33). The SMILES string of the molecule is O=C(NCc1nc2ccccc2n1CCCOc1ccc2ccccc2c1)c1ccccc1F. The fourth-order valence-corrected chi connectivity index (χ4v) is 4.08. The number of hydrogen-bond acceptors (Lipinski definition) is 3. The first-order valence-corrected chi connectivity index (χ1v) is 11.3. The topological polar surface area (TPSA) is 56.2 Å². The number of carbonyl (C=O) groups is 1. The highest BCUT2D eigenvalue weighted by atomic mass is 19.1. The van der Waals surface area contributed by atoms with Gasteiger partial charge in [-0.3, -0.25) is 4.79 Å². The number of nitrogens with zero attached hydrogens (tertiary/aromatic N) is 2. The van der Waals surface area contributed by atoms with Crippen LogP contribution in [0.4, 0.5) is 4.39 Å². The molecule has 0 aliphatic carbocycles. The van der Waals surface area contributed by atoms with Crippen molar-refractivity contribution in [3.63, 3.8) is 0 Å². The Morgan fingerprint density at radius 1 is 0.912 bits per heavy atom. The van der Waals surface area contributed by atoms with Crippen molar-refractivity contribution in [2.75, 3.05) is 6.61 Å². The number of halogens is 1. The maximum atomic E-state index is 13.9. The molecule has 0 saturated carbocycles. The van der Waals surface area contributed by atoms with Crippen molar-refractivity contribution in [3.8, 4) is 5.75 Å². The van der Waals surface area contributed by atoms with Gasteiger partial charge in [0, 0.05) is 6.54 Å². The van der Waals surface area contributed by atoms with E-state index in [9.17, 15) is 9.18 Å². The van der Waals surface area contributed by atoms with Crippen molar-refractivity contribution in [1.82, 2.24) is 14.9 Å². The maximum Gasteiger partial charge on any atom is 0.254 e. The van der Waals surface area contributed by atoms with E-state index >= 15 is 0 Å². The van der Waals surface area contributed by atoms with E-state index in [4.69, 9.17) is 4.74 Å². The molecule has 6 heteroatoms. The van der Waals surface area contributed by atoms with E-state index in [1.165, 1.54) is 17.5 Å². The molecule has 0 spiro atoms. The van der Waals surface area contributed by atoms with Gasteiger partial charge in [-0.1, -0.05) is 54.6 Å². The van der Waals surface area contributed by atoms with Crippen LogP contribution in [0, 0.1) is 5.82 Å². The van der Waals surface area contributed by atoms with Crippen molar-refractivity contribution in [1.29, 1.82) is 0 Å². The Labute approximate surface area is 196 Å². The number of ether oxygens (including phenoxy) is 1. The zero-order valence-electron chi connectivity index (χ0n) is 18.6. The number of carbonyl (C=O) groups excluding carboxylic acids is 1. The van der Waals surface area contributed by atoms with Crippen molar-refractivity contribution in [3.05, 3.63) is 108 Å². The average Bonchev–Trinajstić information content (AvgIpc) is 3.22. The van der Waals surface area contributed by atoms with Gasteiger partial charge in [0.25, 0.3) is 5.91 Å². The summed E-state index contributed by atoms with van der Waals surface area (Å²) in [6, 6.07) is 28.1. The number of aryl methyl sites for hydroxylation is 1. The second-order valence-electron chi connectivity index (χ2n) is 8.04. The van der Waals surface area contributed by atoms with Crippen molar-refractivity contribution in [2.45, 2.75) is 19.5 Å². The predicted molar refractivity (Wildman–Crippen MR) is 131 cm³/mol. The van der Waals surface area contributed by atoms with Crippen LogP contribution in [-0.2, 0) is 13.1 Å². The Kier molecular flexibility index (Phi) is 6.21. The van der Waals surface area contributed by atoms with Crippen LogP contribution in [0.5, 0.6) is 5.75 Å². The molecule has 5 nitrogen and oxygen atoms in total. The van der Waals surface area contributed by atoms with E-state index in [0.717, 1.165) is 34.4 Å². The van der Waals surface area contributed by atoms with Gasteiger partial charge in [-0.15, -0.1) is 0 Å². The summed E-state index contributed by atoms with van der Waals surface area (Å²) < 4.78 is 22.0. The molecule has 0 unspecified atom stereocenters. The molecule has 0 fully saturated rings. The van der Waals surface area contributed by atoms with E-state index in [0.29, 0.717) is 13.2 Å². The highest BCUT2D eigenvalue weighted by Crippen LogP contribution is 2.21. The fraction of sp³-hybridized carbons (Fsp3) is 0.143. The molecule has 0 bridgehead atoms. The predicted octanol–water partition coefficient (Wildman–Crippen LogP) is 5.73. The summed E-state index contributed by atoms with van der Waals surface area (Å²) in [5, 5.41) is 5.13. The minimum atomic E-state index is -0.542. The lowest BCUT2D eigenvalue weighted by Gasteiger charge is -2.12. The van der Waals surface area contributed by atoms with Gasteiger partial charge in [0.2, 0.25) is 0 Å². The molecule has 0 atom stereocenters. The number of fused-ring (bicyclic) bond motifs is 2. The summed E-state index contributed by atoms with van der Waals surface area (Å²) in [5.41, 5.74) is 1.87. The highest BCUT2D eigenvalue weighted by Gasteiger charge is 2.14. The molecular weight excluding hydrogens is 429 g/mol. The van der Waals surface area contributed by atoms with Gasteiger partial charge in [-0.05, 0) is 53.6 Å². The van der Waals surface area contributed by atoms with Gasteiger partial charge in [0.1, 0.15) is 17.4 Å². The summed E-state index contributed by atoms with van der Waals surface area (Å²) in [7, 11) is 0. The third-order valence-electron chi connectivity index (χ3n) is 5.77. The Bertz CT molecular complexity index is 1460. The summed E-state index contributed by atoms with van der Waals surface area (Å²) in [6.45, 7) is 1.43. The molecule has 1 heterocycles. The first-order valence-electron chi connectivity index (χ1n) is 11.3. The number of amides is 1. The van der Waals surface area contributed by atoms with Crippen molar-refractivity contribution in [2.24, 2.45) is 0 Å². The fourth-order valence-electron chi connectivity index (χ4n) is 4.08. The normalized spacial score (nSPS) is 11.1. The van der Waals surface area contributed by atoms with Gasteiger partial charge in [0.15, 0.2) is 0 Å². The third-order valence-corrected chi connectivity index (χ3v) is 5.77. The minimum absolute atomic E-state index is 0.0222. The molecule has 0 aliphatic rings. The zero-order chi connectivity index (χ0) is 23.3. The lowest BCUT2D eigenvalue weighted by molar-refractivity contribution is 0.0945. The van der Waals surface area contributed by atoms with Crippen molar-refractivity contribution < 1.29 is 13.9 Å². The molecule has 0 saturated heterocycles. The molecule has 4 aromatic carbocycles. The molecule has 0 radical (unpaired) electrons. The molecule has 34 heavy (non-hydrogen) atoms. The summed E-state index contributed by atoms with van der Waals surface area (Å²) in [4.78, 5) is 17.2. The molecular formula is C28H24FN3O2. The van der Waals surface area contributed by atoms with E-state index in [1.807, 2.05) is 48.5 Å². The van der Waals surface area contributed by atoms with E-state index in [2.05, 4.69) is 33.1 Å². The Morgan fingerprint density at radius 3 is 2.56 bits per heavy atom. The first-order chi connectivity index (χ1) is 16.7. The second-order valence-corrected chi connectivity index (χ2v) is 8.04. The van der Waals surface area contributed by atoms with Crippen LogP contribution in [0.15, 0.2) is 91.0 Å². The van der Waals surface area contributed by atoms with Crippen LogP contribution in [0.2, 0.25) is 0 Å². The summed E-state index contributed by atoms with van der Waals surface area (Å²) >= 11 is 0. The highest BCUT2D eigenvalue weighted by molar-refractivity contribution is 5.94. The second kappa shape index (κ2) is 9.75. The van der Waals surface area contributed by atoms with Crippen LogP contribution in [0.1, 0.15) is 22.6 Å². The number of benzene rings is 4. The number of imidazole rings is 1. The Balaban J connectivity index is 1.26. The molecule has 1 N–H and O–H groups in total. The summed E-state index contributed by atoms with van der Waals surface area (Å²) in [5.74, 6) is 0.554. The molecule has 0 aliphatic heterocycles. The van der Waals surface area contributed by atoms with Gasteiger partial charge < -0.3 is 14.6 Å². The third kappa shape index (κ3) is 4.62. The molecule has 5 rings (SSSR count). The number of rotatable bonds is 8. The van der Waals surface area contributed by atoms with Crippen LogP contribution in [-0.4, -0.2) is 22.1 Å². The molecule has 1 amide bonds. The number of hydrogen-bond donors (Lipinski definition) is 1. The molecule has 1 aromatic heterocycles. The first kappa shape index (κ1) is 21.6. The number of para-hydroxylation sites is 2. The van der Waals surface area contributed by atoms with E-state index in [-0.39, 0.29) is 12.1 Å². The maximum absolute atomic E-state index is 13.9. The van der Waals surface area contributed by atoms with Crippen LogP contribution < -0.4 is 10.1 Å². The monoisotopic (exact) mass is 453 g/mol. The van der Waals surface area contributed by atoms with E-state index < -0.39 is 11.7 Å². The number of aromatic nitrogens is 2. The molecule has 170 valence electrons. The van der Waals surface area contributed by atoms with Crippen molar-refractivity contribution >= 4 is 27.7 Å². The number of nitrogens with one attached hydrogen (secondary N) is 1. The van der Waals surface area contributed by atoms with Crippen LogP contribution >= 0.6 is 0 Å². The van der Waals surface area contributed by atoms with Crippen LogP contribution in [0.3, 0.4) is 0 Å². The smallest absolute Gasteiger partial charge is 0.254 e. The average molecular weight is 454 g/mol. The zero-order valence-corrected chi connectivity index (χ0v) is 18.6. The molecule has 5 aromatic rings. The van der Waals surface area contributed by atoms with Gasteiger partial charge in [-0.2, -0.15) is 0 Å². The minimum Gasteiger partial charge on any atom is -0.494 e. The lowest BCUT2D eigenvalue weighted by atomic mass is 10.1. The van der Waals surface area contributed by atoms with Gasteiger partial charge in [-0.25, -0.2) is 9.37 Å². The lowest BCUT2D eigenvalue weighted by Crippen LogP contribution is -2.25. The largest absolute Gasteiger partial charge is 0.494 e. The van der Waals surface area contributed by atoms with Crippen LogP contribution in [0.25, 0.3) is 21.8 Å². The van der Waals surface area contributed by atoms with Gasteiger partial charge >= 0.3 is 0 Å². The Hall–Kier alpha value is -4.19. The quantitative estimate of drug-likeness (QED) is 0.305. The summed E-state index contributed by atoms with van der Waals surface area (Å²) in [6.07, 6.45) is 0.765. The van der Waals surface area contributed by atoms with Gasteiger partial charge in [0.05, 0.1) is 29.7 Å². The van der Waals surface area contributed by atoms with E-state index in [1.54, 1.807) is 12.1 Å². The Morgan fingerprint density at radius 2 is 1.68 bits per heavy atom.